The molecule has 1 aliphatic rings. The molecule has 2 aromatic rings. The summed E-state index contributed by atoms with van der Waals surface area (Å²) in [6.07, 6.45) is 1.61. The van der Waals surface area contributed by atoms with E-state index in [0.29, 0.717) is 25.8 Å². The third-order valence-electron chi connectivity index (χ3n) is 3.31. The highest BCUT2D eigenvalue weighted by atomic mass is 16.7. The summed E-state index contributed by atoms with van der Waals surface area (Å²) in [6.45, 7) is 6.91. The van der Waals surface area contributed by atoms with Crippen molar-refractivity contribution >= 4 is 0 Å². The number of fused-ring (bicyclic) bond motifs is 1. The van der Waals surface area contributed by atoms with E-state index in [2.05, 4.69) is 29.2 Å². The summed E-state index contributed by atoms with van der Waals surface area (Å²) in [6, 6.07) is 5.94. The molecular formula is C15H20N4O2. The van der Waals surface area contributed by atoms with Gasteiger partial charge in [0.1, 0.15) is 12.2 Å². The summed E-state index contributed by atoms with van der Waals surface area (Å²) in [5.74, 6) is 3.16. The van der Waals surface area contributed by atoms with Crippen LogP contribution in [0.5, 0.6) is 11.5 Å². The van der Waals surface area contributed by atoms with Gasteiger partial charge in [0, 0.05) is 18.7 Å². The molecule has 2 heterocycles. The zero-order chi connectivity index (χ0) is 14.7. The van der Waals surface area contributed by atoms with Crippen molar-refractivity contribution in [2.75, 3.05) is 6.79 Å². The Labute approximate surface area is 124 Å². The molecule has 1 aromatic heterocycles. The van der Waals surface area contributed by atoms with E-state index >= 15 is 0 Å². The highest BCUT2D eigenvalue weighted by molar-refractivity contribution is 5.48. The first-order chi connectivity index (χ1) is 10.2. The summed E-state index contributed by atoms with van der Waals surface area (Å²) in [5, 5.41) is 7.65. The van der Waals surface area contributed by atoms with Gasteiger partial charge in [0.15, 0.2) is 11.5 Å². The maximum Gasteiger partial charge on any atom is 0.231 e. The topological polar surface area (TPSA) is 61.2 Å². The van der Waals surface area contributed by atoms with Crippen molar-refractivity contribution in [3.8, 4) is 11.5 Å². The van der Waals surface area contributed by atoms with Gasteiger partial charge in [0.05, 0.1) is 6.54 Å². The lowest BCUT2D eigenvalue weighted by Crippen LogP contribution is -2.19. The summed E-state index contributed by atoms with van der Waals surface area (Å²) < 4.78 is 12.8. The van der Waals surface area contributed by atoms with Gasteiger partial charge in [-0.2, -0.15) is 5.10 Å². The number of nitrogens with zero attached hydrogens (tertiary/aromatic N) is 3. The van der Waals surface area contributed by atoms with Crippen LogP contribution in [0.25, 0.3) is 0 Å². The Kier molecular flexibility index (Phi) is 4.06. The number of ether oxygens (including phenoxy) is 2. The fourth-order valence-corrected chi connectivity index (χ4v) is 2.36. The van der Waals surface area contributed by atoms with Crippen LogP contribution in [0.15, 0.2) is 24.5 Å². The molecule has 1 aromatic carbocycles. The van der Waals surface area contributed by atoms with Crippen LogP contribution in [0.2, 0.25) is 0 Å². The predicted octanol–water partition coefficient (Wildman–Crippen LogP) is 1.95. The molecule has 0 aliphatic carbocycles. The third-order valence-corrected chi connectivity index (χ3v) is 3.31. The Hall–Kier alpha value is -2.08. The number of hydrogen-bond acceptors (Lipinski definition) is 5. The van der Waals surface area contributed by atoms with Gasteiger partial charge in [-0.05, 0) is 12.0 Å². The summed E-state index contributed by atoms with van der Waals surface area (Å²) in [5.41, 5.74) is 1.10. The minimum atomic E-state index is 0.301. The van der Waals surface area contributed by atoms with Crippen LogP contribution in [0, 0.1) is 5.92 Å². The van der Waals surface area contributed by atoms with Crippen molar-refractivity contribution < 1.29 is 9.47 Å². The zero-order valence-corrected chi connectivity index (χ0v) is 12.4. The standard InChI is InChI=1S/C15H20N4O2/c1-11(2)8-19-14(17-9-18-19)7-16-6-12-4-3-5-13-15(12)21-10-20-13/h3-5,9,11,16H,6-8,10H2,1-2H3. The maximum atomic E-state index is 5.50. The molecule has 0 unspecified atom stereocenters. The molecule has 0 fully saturated rings. The first-order valence-electron chi connectivity index (χ1n) is 7.19. The fraction of sp³-hybridized carbons (Fsp3) is 0.467. The number of rotatable bonds is 6. The summed E-state index contributed by atoms with van der Waals surface area (Å²) >= 11 is 0. The third kappa shape index (κ3) is 3.16. The molecular weight excluding hydrogens is 268 g/mol. The molecule has 0 amide bonds. The molecule has 6 nitrogen and oxygen atoms in total. The van der Waals surface area contributed by atoms with E-state index in [0.717, 1.165) is 29.4 Å². The van der Waals surface area contributed by atoms with Crippen LogP contribution in [0.1, 0.15) is 25.2 Å². The van der Waals surface area contributed by atoms with Gasteiger partial charge in [0.25, 0.3) is 0 Å². The van der Waals surface area contributed by atoms with Crippen LogP contribution in [0.3, 0.4) is 0 Å². The smallest absolute Gasteiger partial charge is 0.231 e. The van der Waals surface area contributed by atoms with E-state index < -0.39 is 0 Å². The minimum absolute atomic E-state index is 0.301. The van der Waals surface area contributed by atoms with Crippen LogP contribution in [-0.4, -0.2) is 21.6 Å². The summed E-state index contributed by atoms with van der Waals surface area (Å²) in [4.78, 5) is 4.31. The van der Waals surface area contributed by atoms with Crippen molar-refractivity contribution in [1.82, 2.24) is 20.1 Å². The second-order valence-corrected chi connectivity index (χ2v) is 5.51. The number of hydrogen-bond donors (Lipinski definition) is 1. The Bertz CT molecular complexity index is 609. The van der Waals surface area contributed by atoms with E-state index in [1.54, 1.807) is 6.33 Å². The average Bonchev–Trinajstić information content (AvgIpc) is 3.08. The molecule has 21 heavy (non-hydrogen) atoms. The van der Waals surface area contributed by atoms with Gasteiger partial charge in [-0.15, -0.1) is 0 Å². The van der Waals surface area contributed by atoms with Gasteiger partial charge in [-0.1, -0.05) is 26.0 Å². The minimum Gasteiger partial charge on any atom is -0.454 e. The molecule has 112 valence electrons. The maximum absolute atomic E-state index is 5.50. The van der Waals surface area contributed by atoms with E-state index in [4.69, 9.17) is 9.47 Å². The predicted molar refractivity (Wildman–Crippen MR) is 78.0 cm³/mol. The van der Waals surface area contributed by atoms with Crippen LogP contribution < -0.4 is 14.8 Å². The van der Waals surface area contributed by atoms with Gasteiger partial charge in [-0.3, -0.25) is 0 Å². The van der Waals surface area contributed by atoms with Crippen molar-refractivity contribution in [2.24, 2.45) is 5.92 Å². The Balaban J connectivity index is 1.60. The lowest BCUT2D eigenvalue weighted by molar-refractivity contribution is 0.173. The lowest BCUT2D eigenvalue weighted by atomic mass is 10.2. The van der Waals surface area contributed by atoms with Gasteiger partial charge >= 0.3 is 0 Å². The molecule has 0 spiro atoms. The second kappa shape index (κ2) is 6.13. The second-order valence-electron chi connectivity index (χ2n) is 5.51. The largest absolute Gasteiger partial charge is 0.454 e. The van der Waals surface area contributed by atoms with Crippen LogP contribution in [0.4, 0.5) is 0 Å². The highest BCUT2D eigenvalue weighted by Crippen LogP contribution is 2.35. The van der Waals surface area contributed by atoms with Crippen molar-refractivity contribution in [3.63, 3.8) is 0 Å². The van der Waals surface area contributed by atoms with Crippen LogP contribution >= 0.6 is 0 Å². The number of nitrogens with one attached hydrogen (secondary N) is 1. The van der Waals surface area contributed by atoms with E-state index in [1.807, 2.05) is 22.9 Å². The first kappa shape index (κ1) is 13.9. The molecule has 0 bridgehead atoms. The molecule has 3 rings (SSSR count). The number of aromatic nitrogens is 3. The van der Waals surface area contributed by atoms with Gasteiger partial charge < -0.3 is 14.8 Å². The molecule has 0 atom stereocenters. The van der Waals surface area contributed by atoms with Crippen LogP contribution in [-0.2, 0) is 19.6 Å². The molecule has 1 N–H and O–H groups in total. The average molecular weight is 288 g/mol. The zero-order valence-electron chi connectivity index (χ0n) is 12.4. The number of para-hydroxylation sites is 1. The molecule has 0 saturated carbocycles. The Morgan fingerprint density at radius 2 is 2.19 bits per heavy atom. The van der Waals surface area contributed by atoms with Crippen molar-refractivity contribution in [1.29, 1.82) is 0 Å². The number of benzene rings is 1. The quantitative estimate of drug-likeness (QED) is 0.880. The molecule has 1 aliphatic heterocycles. The Morgan fingerprint density at radius 3 is 3.05 bits per heavy atom. The van der Waals surface area contributed by atoms with Gasteiger partial charge in [0.2, 0.25) is 6.79 Å². The molecule has 0 saturated heterocycles. The lowest BCUT2D eigenvalue weighted by Gasteiger charge is -2.10. The molecule has 0 radical (unpaired) electrons. The van der Waals surface area contributed by atoms with E-state index in [1.165, 1.54) is 0 Å². The van der Waals surface area contributed by atoms with E-state index in [9.17, 15) is 0 Å². The Morgan fingerprint density at radius 1 is 1.29 bits per heavy atom. The van der Waals surface area contributed by atoms with Gasteiger partial charge in [-0.25, -0.2) is 9.67 Å². The monoisotopic (exact) mass is 288 g/mol. The normalized spacial score (nSPS) is 13.1. The van der Waals surface area contributed by atoms with Crippen molar-refractivity contribution in [2.45, 2.75) is 33.5 Å². The highest BCUT2D eigenvalue weighted by Gasteiger charge is 2.16. The summed E-state index contributed by atoms with van der Waals surface area (Å²) in [7, 11) is 0. The fourth-order valence-electron chi connectivity index (χ4n) is 2.36. The van der Waals surface area contributed by atoms with E-state index in [-0.39, 0.29) is 0 Å². The van der Waals surface area contributed by atoms with Crippen molar-refractivity contribution in [3.05, 3.63) is 35.9 Å². The SMILES string of the molecule is CC(C)Cn1ncnc1CNCc1cccc2c1OCO2. The molecule has 6 heteroatoms. The first-order valence-corrected chi connectivity index (χ1v) is 7.19.